The molecule has 27 heavy (non-hydrogen) atoms. The zero-order chi connectivity index (χ0) is 19.4. The number of carbonyl (C=O) groups excluding carboxylic acids is 1. The molecule has 0 aliphatic rings. The molecule has 0 fully saturated rings. The minimum absolute atomic E-state index is 0.108. The van der Waals surface area contributed by atoms with Crippen LogP contribution in [0.1, 0.15) is 21.5 Å². The quantitative estimate of drug-likeness (QED) is 0.295. The Labute approximate surface area is 160 Å². The predicted octanol–water partition coefficient (Wildman–Crippen LogP) is 3.27. The highest BCUT2D eigenvalue weighted by Gasteiger charge is 2.16. The number of hydrogen-bond acceptors (Lipinski definition) is 6. The lowest BCUT2D eigenvalue weighted by molar-refractivity contribution is -0.110. The molecule has 3 aromatic rings. The van der Waals surface area contributed by atoms with Gasteiger partial charge in [-0.15, -0.1) is 0 Å². The van der Waals surface area contributed by atoms with Crippen LogP contribution in [0.25, 0.3) is 10.9 Å². The summed E-state index contributed by atoms with van der Waals surface area (Å²) in [5.74, 6) is 4.24. The highest BCUT2D eigenvalue weighted by Crippen LogP contribution is 2.24. The van der Waals surface area contributed by atoms with Gasteiger partial charge >= 0.3 is 5.97 Å². The number of carbonyl (C=O) groups is 2. The van der Waals surface area contributed by atoms with E-state index in [1.165, 1.54) is 36.0 Å². The summed E-state index contributed by atoms with van der Waals surface area (Å²) < 4.78 is 0. The maximum atomic E-state index is 12.5. The number of hydrogen-bond donors (Lipinski definition) is 2. The van der Waals surface area contributed by atoms with E-state index in [0.717, 1.165) is 21.5 Å². The van der Waals surface area contributed by atoms with Crippen molar-refractivity contribution in [3.8, 4) is 0 Å². The van der Waals surface area contributed by atoms with Crippen molar-refractivity contribution in [3.63, 3.8) is 0 Å². The van der Waals surface area contributed by atoms with Crippen LogP contribution in [0.4, 0.5) is 0 Å². The van der Waals surface area contributed by atoms with Crippen molar-refractivity contribution in [1.82, 2.24) is 4.98 Å². The van der Waals surface area contributed by atoms with Crippen LogP contribution in [0, 0.1) is 6.92 Å². The Morgan fingerprint density at radius 1 is 1.11 bits per heavy atom. The molecule has 0 unspecified atom stereocenters. The number of ketones is 1. The number of nitrogens with zero attached hydrogens (tertiary/aromatic N) is 2. The van der Waals surface area contributed by atoms with Crippen molar-refractivity contribution in [2.75, 3.05) is 5.75 Å². The Bertz CT molecular complexity index is 1050. The van der Waals surface area contributed by atoms with E-state index in [2.05, 4.69) is 10.1 Å². The first-order valence-corrected chi connectivity index (χ1v) is 9.12. The van der Waals surface area contributed by atoms with Crippen LogP contribution in [-0.2, 0) is 4.79 Å². The second-order valence-corrected chi connectivity index (χ2v) is 6.86. The van der Waals surface area contributed by atoms with Gasteiger partial charge in [0.2, 0.25) is 0 Å². The van der Waals surface area contributed by atoms with Gasteiger partial charge in [0.05, 0.1) is 21.9 Å². The van der Waals surface area contributed by atoms with Crippen molar-refractivity contribution < 1.29 is 14.7 Å². The van der Waals surface area contributed by atoms with E-state index in [0.29, 0.717) is 5.56 Å². The van der Waals surface area contributed by atoms with Crippen molar-refractivity contribution in [2.24, 2.45) is 10.9 Å². The van der Waals surface area contributed by atoms with Gasteiger partial charge in [0, 0.05) is 10.9 Å². The second-order valence-electron chi connectivity index (χ2n) is 5.87. The Balaban J connectivity index is 1.75. The maximum Gasteiger partial charge on any atom is 0.335 e. The van der Waals surface area contributed by atoms with E-state index >= 15 is 0 Å². The summed E-state index contributed by atoms with van der Waals surface area (Å²) in [5, 5.41) is 14.4. The van der Waals surface area contributed by atoms with Gasteiger partial charge in [-0.05, 0) is 36.8 Å². The number of benzene rings is 2. The van der Waals surface area contributed by atoms with Gasteiger partial charge in [-0.3, -0.25) is 4.79 Å². The Morgan fingerprint density at radius 2 is 1.78 bits per heavy atom. The van der Waals surface area contributed by atoms with Crippen molar-refractivity contribution >= 4 is 40.1 Å². The first-order valence-electron chi connectivity index (χ1n) is 8.13. The van der Waals surface area contributed by atoms with Crippen molar-refractivity contribution in [1.29, 1.82) is 0 Å². The summed E-state index contributed by atoms with van der Waals surface area (Å²) in [6.07, 6.45) is 0. The van der Waals surface area contributed by atoms with Crippen LogP contribution in [0.15, 0.2) is 64.7 Å². The smallest absolute Gasteiger partial charge is 0.335 e. The molecule has 0 atom stereocenters. The zero-order valence-corrected chi connectivity index (χ0v) is 15.4. The minimum atomic E-state index is -1.03. The van der Waals surface area contributed by atoms with Crippen LogP contribution in [0.5, 0.6) is 0 Å². The highest BCUT2D eigenvalue weighted by atomic mass is 32.2. The van der Waals surface area contributed by atoms with Gasteiger partial charge in [-0.1, -0.05) is 42.1 Å². The van der Waals surface area contributed by atoms with Gasteiger partial charge < -0.3 is 10.9 Å². The van der Waals surface area contributed by atoms with E-state index in [-0.39, 0.29) is 22.8 Å². The summed E-state index contributed by atoms with van der Waals surface area (Å²) in [7, 11) is 0. The lowest BCUT2D eigenvalue weighted by atomic mass is 10.1. The molecule has 1 aromatic heterocycles. The molecule has 0 spiro atoms. The number of thioether (sulfide) groups is 1. The molecule has 0 saturated carbocycles. The van der Waals surface area contributed by atoms with Crippen LogP contribution < -0.4 is 5.84 Å². The van der Waals surface area contributed by atoms with E-state index in [4.69, 9.17) is 10.9 Å². The maximum absolute atomic E-state index is 12.5. The Morgan fingerprint density at radius 3 is 2.44 bits per heavy atom. The number of para-hydroxylation sites is 1. The molecule has 7 heteroatoms. The molecule has 0 aliphatic carbocycles. The molecule has 0 aliphatic heterocycles. The number of aryl methyl sites for hydroxylation is 1. The zero-order valence-electron chi connectivity index (χ0n) is 14.5. The van der Waals surface area contributed by atoms with Crippen LogP contribution in [-0.4, -0.2) is 33.3 Å². The molecule has 2 aromatic carbocycles. The third-order valence-corrected chi connectivity index (χ3v) is 4.96. The summed E-state index contributed by atoms with van der Waals surface area (Å²) >= 11 is 1.31. The topological polar surface area (TPSA) is 106 Å². The number of fused-ring (bicyclic) bond motifs is 1. The molecule has 0 saturated heterocycles. The lowest BCUT2D eigenvalue weighted by Crippen LogP contribution is -2.19. The Hall–Kier alpha value is -3.19. The third-order valence-electron chi connectivity index (χ3n) is 4.05. The van der Waals surface area contributed by atoms with E-state index < -0.39 is 5.97 Å². The molecular weight excluding hydrogens is 362 g/mol. The monoisotopic (exact) mass is 379 g/mol. The van der Waals surface area contributed by atoms with Gasteiger partial charge in [0.1, 0.15) is 5.71 Å². The molecule has 0 amide bonds. The first kappa shape index (κ1) is 18.6. The molecule has 3 N–H and O–H groups in total. The number of aromatic carboxylic acids is 1. The minimum Gasteiger partial charge on any atom is -0.478 e. The normalized spacial score (nSPS) is 11.5. The third kappa shape index (κ3) is 4.15. The number of rotatable bonds is 6. The summed E-state index contributed by atoms with van der Waals surface area (Å²) in [5.41, 5.74) is 2.69. The second kappa shape index (κ2) is 8.01. The molecule has 0 bridgehead atoms. The molecule has 1 heterocycles. The lowest BCUT2D eigenvalue weighted by Gasteiger charge is -2.07. The predicted molar refractivity (Wildman–Crippen MR) is 106 cm³/mol. The van der Waals surface area contributed by atoms with Crippen molar-refractivity contribution in [2.45, 2.75) is 11.9 Å². The molecule has 136 valence electrons. The van der Waals surface area contributed by atoms with E-state index in [1.807, 2.05) is 37.3 Å². The first-order chi connectivity index (χ1) is 13.0. The fourth-order valence-corrected chi connectivity index (χ4v) is 3.52. The van der Waals surface area contributed by atoms with Gasteiger partial charge in [-0.2, -0.15) is 5.10 Å². The fourth-order valence-electron chi connectivity index (χ4n) is 2.68. The molecular formula is C20H17N3O3S. The average molecular weight is 379 g/mol. The molecule has 0 radical (unpaired) electrons. The standard InChI is InChI=1S/C20H17N3O3S/c1-12-10-18(22-16-5-3-2-4-15(12)16)27-11-17(24)19(23-21)13-6-8-14(9-7-13)20(25)26/h2-10H,11,21H2,1H3,(H,25,26)/b23-19+. The number of carboxylic acids is 1. The summed E-state index contributed by atoms with van der Waals surface area (Å²) in [4.78, 5) is 28.0. The molecule has 6 nitrogen and oxygen atoms in total. The number of pyridine rings is 1. The van der Waals surface area contributed by atoms with Gasteiger partial charge in [-0.25, -0.2) is 9.78 Å². The van der Waals surface area contributed by atoms with E-state index in [9.17, 15) is 9.59 Å². The number of Topliss-reactive ketones (excluding diaryl/α,β-unsaturated/α-hetero) is 1. The summed E-state index contributed by atoms with van der Waals surface area (Å²) in [6, 6.07) is 15.7. The highest BCUT2D eigenvalue weighted by molar-refractivity contribution is 8.00. The number of nitrogens with two attached hydrogens (primary N) is 1. The van der Waals surface area contributed by atoms with Gasteiger partial charge in [0.15, 0.2) is 5.78 Å². The number of carboxylic acid groups (broad SMARTS) is 1. The van der Waals surface area contributed by atoms with Crippen LogP contribution in [0.2, 0.25) is 0 Å². The van der Waals surface area contributed by atoms with E-state index in [1.54, 1.807) is 0 Å². The fraction of sp³-hybridized carbons (Fsp3) is 0.100. The van der Waals surface area contributed by atoms with Crippen LogP contribution in [0.3, 0.4) is 0 Å². The number of hydrazone groups is 1. The molecule has 3 rings (SSSR count). The van der Waals surface area contributed by atoms with Crippen LogP contribution >= 0.6 is 11.8 Å². The largest absolute Gasteiger partial charge is 0.478 e. The Kier molecular flexibility index (Phi) is 5.52. The summed E-state index contributed by atoms with van der Waals surface area (Å²) in [6.45, 7) is 2.01. The SMILES string of the molecule is Cc1cc(SCC(=O)/C(=N/N)c2ccc(C(=O)O)cc2)nc2ccccc12. The average Bonchev–Trinajstić information content (AvgIpc) is 2.67. The number of aromatic nitrogens is 1. The van der Waals surface area contributed by atoms with Crippen molar-refractivity contribution in [3.05, 3.63) is 71.3 Å². The van der Waals surface area contributed by atoms with Gasteiger partial charge in [0.25, 0.3) is 0 Å².